The van der Waals surface area contributed by atoms with E-state index in [4.69, 9.17) is 0 Å². The molecule has 0 heterocycles. The van der Waals surface area contributed by atoms with Crippen LogP contribution in [0.4, 0.5) is 11.4 Å². The van der Waals surface area contributed by atoms with Gasteiger partial charge in [-0.2, -0.15) is 0 Å². The van der Waals surface area contributed by atoms with Crippen molar-refractivity contribution < 1.29 is 18.0 Å². The first kappa shape index (κ1) is 24.0. The standard InChI is InChI=1S/C25H27N3O4S/c1-17(2)16-26-25(30)21-11-7-8-12-22(21)27-24(29)19-14-13-18(3)23(15-19)28-33(31,32)20-9-5-4-6-10-20/h4-15,17,28H,16H2,1-3H3,(H,26,30)(H,27,29). The summed E-state index contributed by atoms with van der Waals surface area (Å²) in [6.07, 6.45) is 0. The van der Waals surface area contributed by atoms with Gasteiger partial charge in [0.1, 0.15) is 0 Å². The zero-order valence-electron chi connectivity index (χ0n) is 18.8. The number of anilines is 2. The van der Waals surface area contributed by atoms with Gasteiger partial charge in [0.25, 0.3) is 21.8 Å². The molecule has 0 aliphatic carbocycles. The Balaban J connectivity index is 1.82. The summed E-state index contributed by atoms with van der Waals surface area (Å²) in [5, 5.41) is 5.60. The number of hydrogen-bond donors (Lipinski definition) is 3. The van der Waals surface area contributed by atoms with E-state index in [1.165, 1.54) is 18.2 Å². The zero-order valence-corrected chi connectivity index (χ0v) is 19.6. The Hall–Kier alpha value is -3.65. The van der Waals surface area contributed by atoms with Gasteiger partial charge in [0, 0.05) is 12.1 Å². The molecule has 2 amide bonds. The highest BCUT2D eigenvalue weighted by atomic mass is 32.2. The maximum absolute atomic E-state index is 12.9. The lowest BCUT2D eigenvalue weighted by Crippen LogP contribution is -2.28. The van der Waals surface area contributed by atoms with Gasteiger partial charge < -0.3 is 10.6 Å². The summed E-state index contributed by atoms with van der Waals surface area (Å²) in [4.78, 5) is 25.6. The lowest BCUT2D eigenvalue weighted by Gasteiger charge is -2.14. The van der Waals surface area contributed by atoms with Crippen LogP contribution in [0.15, 0.2) is 77.7 Å². The van der Waals surface area contributed by atoms with Gasteiger partial charge in [-0.25, -0.2) is 8.42 Å². The quantitative estimate of drug-likeness (QED) is 0.458. The Labute approximate surface area is 194 Å². The molecule has 3 aromatic rings. The molecule has 3 N–H and O–H groups in total. The minimum Gasteiger partial charge on any atom is -0.352 e. The Morgan fingerprint density at radius 1 is 0.848 bits per heavy atom. The fraction of sp³-hybridized carbons (Fsp3) is 0.200. The van der Waals surface area contributed by atoms with E-state index >= 15 is 0 Å². The van der Waals surface area contributed by atoms with Crippen molar-refractivity contribution in [1.82, 2.24) is 5.32 Å². The Bertz CT molecular complexity index is 1260. The number of benzene rings is 3. The fourth-order valence-electron chi connectivity index (χ4n) is 3.05. The second kappa shape index (κ2) is 10.3. The first-order chi connectivity index (χ1) is 15.7. The van der Waals surface area contributed by atoms with Crippen LogP contribution in [-0.4, -0.2) is 26.8 Å². The maximum atomic E-state index is 12.9. The Kier molecular flexibility index (Phi) is 7.50. The molecule has 0 saturated heterocycles. The zero-order chi connectivity index (χ0) is 24.0. The largest absolute Gasteiger partial charge is 0.352 e. The van der Waals surface area contributed by atoms with Crippen molar-refractivity contribution >= 4 is 33.2 Å². The second-order valence-electron chi connectivity index (χ2n) is 8.05. The van der Waals surface area contributed by atoms with E-state index < -0.39 is 15.9 Å². The van der Waals surface area contributed by atoms with Crippen molar-refractivity contribution in [3.8, 4) is 0 Å². The van der Waals surface area contributed by atoms with E-state index in [2.05, 4.69) is 15.4 Å². The molecule has 0 radical (unpaired) electrons. The lowest BCUT2D eigenvalue weighted by atomic mass is 10.1. The molecular weight excluding hydrogens is 438 g/mol. The molecule has 0 atom stereocenters. The van der Waals surface area contributed by atoms with E-state index in [-0.39, 0.29) is 16.4 Å². The molecule has 0 fully saturated rings. The van der Waals surface area contributed by atoms with Crippen LogP contribution >= 0.6 is 0 Å². The minimum atomic E-state index is -3.80. The third-order valence-corrected chi connectivity index (χ3v) is 6.27. The van der Waals surface area contributed by atoms with E-state index in [1.807, 2.05) is 13.8 Å². The van der Waals surface area contributed by atoms with Crippen molar-refractivity contribution in [2.75, 3.05) is 16.6 Å². The molecule has 3 aromatic carbocycles. The SMILES string of the molecule is Cc1ccc(C(=O)Nc2ccccc2C(=O)NCC(C)C)cc1NS(=O)(=O)c1ccccc1. The van der Waals surface area contributed by atoms with E-state index in [0.717, 1.165) is 0 Å². The highest BCUT2D eigenvalue weighted by molar-refractivity contribution is 7.92. The smallest absolute Gasteiger partial charge is 0.261 e. The Morgan fingerprint density at radius 2 is 1.52 bits per heavy atom. The third-order valence-electron chi connectivity index (χ3n) is 4.89. The van der Waals surface area contributed by atoms with Crippen LogP contribution in [0.3, 0.4) is 0 Å². The predicted octanol–water partition coefficient (Wildman–Crippen LogP) is 4.43. The molecule has 0 bridgehead atoms. The normalized spacial score (nSPS) is 11.2. The lowest BCUT2D eigenvalue weighted by molar-refractivity contribution is 0.0950. The van der Waals surface area contributed by atoms with Crippen LogP contribution in [-0.2, 0) is 10.0 Å². The number of sulfonamides is 1. The number of nitrogens with one attached hydrogen (secondary N) is 3. The van der Waals surface area contributed by atoms with Crippen molar-refractivity contribution in [2.24, 2.45) is 5.92 Å². The molecule has 3 rings (SSSR count). The molecule has 7 nitrogen and oxygen atoms in total. The van der Waals surface area contributed by atoms with E-state index in [1.54, 1.807) is 61.5 Å². The first-order valence-electron chi connectivity index (χ1n) is 10.5. The van der Waals surface area contributed by atoms with Gasteiger partial charge in [0.15, 0.2) is 0 Å². The number of rotatable bonds is 8. The Morgan fingerprint density at radius 3 is 2.21 bits per heavy atom. The van der Waals surface area contributed by atoms with Crippen molar-refractivity contribution in [1.29, 1.82) is 0 Å². The van der Waals surface area contributed by atoms with Gasteiger partial charge in [0.2, 0.25) is 0 Å². The van der Waals surface area contributed by atoms with Crippen LogP contribution in [0.25, 0.3) is 0 Å². The van der Waals surface area contributed by atoms with Crippen LogP contribution in [0.5, 0.6) is 0 Å². The number of carbonyl (C=O) groups is 2. The fourth-order valence-corrected chi connectivity index (χ4v) is 4.20. The van der Waals surface area contributed by atoms with E-state index in [0.29, 0.717) is 35.0 Å². The minimum absolute atomic E-state index is 0.126. The predicted molar refractivity (Wildman–Crippen MR) is 130 cm³/mol. The summed E-state index contributed by atoms with van der Waals surface area (Å²) < 4.78 is 27.9. The van der Waals surface area contributed by atoms with Gasteiger partial charge in [-0.3, -0.25) is 14.3 Å². The van der Waals surface area contributed by atoms with Crippen LogP contribution < -0.4 is 15.4 Å². The molecule has 0 aromatic heterocycles. The van der Waals surface area contributed by atoms with Gasteiger partial charge in [-0.05, 0) is 54.8 Å². The van der Waals surface area contributed by atoms with Crippen molar-refractivity contribution in [3.63, 3.8) is 0 Å². The molecule has 0 aliphatic rings. The van der Waals surface area contributed by atoms with Crippen molar-refractivity contribution in [3.05, 3.63) is 89.5 Å². The number of hydrogen-bond acceptors (Lipinski definition) is 4. The highest BCUT2D eigenvalue weighted by Crippen LogP contribution is 2.23. The molecular formula is C25H27N3O4S. The van der Waals surface area contributed by atoms with Crippen LogP contribution in [0.2, 0.25) is 0 Å². The molecule has 33 heavy (non-hydrogen) atoms. The number of para-hydroxylation sites is 1. The van der Waals surface area contributed by atoms with Crippen molar-refractivity contribution in [2.45, 2.75) is 25.7 Å². The average molecular weight is 466 g/mol. The van der Waals surface area contributed by atoms with Gasteiger partial charge in [-0.15, -0.1) is 0 Å². The molecule has 0 saturated carbocycles. The molecule has 172 valence electrons. The van der Waals surface area contributed by atoms with Gasteiger partial charge in [0.05, 0.1) is 21.8 Å². The summed E-state index contributed by atoms with van der Waals surface area (Å²) in [7, 11) is -3.80. The highest BCUT2D eigenvalue weighted by Gasteiger charge is 2.18. The van der Waals surface area contributed by atoms with Gasteiger partial charge in [-0.1, -0.05) is 50.2 Å². The maximum Gasteiger partial charge on any atom is 0.261 e. The molecule has 0 spiro atoms. The molecule has 0 unspecified atom stereocenters. The first-order valence-corrected chi connectivity index (χ1v) is 12.0. The summed E-state index contributed by atoms with van der Waals surface area (Å²) in [6, 6.07) is 19.5. The number of carbonyl (C=O) groups excluding carboxylic acids is 2. The monoisotopic (exact) mass is 465 g/mol. The van der Waals surface area contributed by atoms with E-state index in [9.17, 15) is 18.0 Å². The number of aryl methyl sites for hydroxylation is 1. The summed E-state index contributed by atoms with van der Waals surface area (Å²) in [5.41, 5.74) is 1.94. The van der Waals surface area contributed by atoms with Crippen LogP contribution in [0, 0.1) is 12.8 Å². The van der Waals surface area contributed by atoms with Crippen LogP contribution in [0.1, 0.15) is 40.1 Å². The average Bonchev–Trinajstić information content (AvgIpc) is 2.79. The van der Waals surface area contributed by atoms with Gasteiger partial charge >= 0.3 is 0 Å². The third kappa shape index (κ3) is 6.20. The summed E-state index contributed by atoms with van der Waals surface area (Å²) >= 11 is 0. The summed E-state index contributed by atoms with van der Waals surface area (Å²) in [5.74, 6) is -0.444. The topological polar surface area (TPSA) is 104 Å². The molecule has 0 aliphatic heterocycles. The second-order valence-corrected chi connectivity index (χ2v) is 9.73. The summed E-state index contributed by atoms with van der Waals surface area (Å²) in [6.45, 7) is 6.26. The molecule has 8 heteroatoms. The number of amides is 2.